The van der Waals surface area contributed by atoms with Gasteiger partial charge in [0.2, 0.25) is 0 Å². The van der Waals surface area contributed by atoms with E-state index in [0.717, 1.165) is 16.8 Å². The van der Waals surface area contributed by atoms with Crippen LogP contribution in [-0.2, 0) is 27.3 Å². The van der Waals surface area contributed by atoms with Crippen LogP contribution in [0.1, 0.15) is 17.5 Å². The summed E-state index contributed by atoms with van der Waals surface area (Å²) >= 11 is 0. The Bertz CT molecular complexity index is 712. The lowest BCUT2D eigenvalue weighted by atomic mass is 10.1. The molecule has 0 aliphatic heterocycles. The van der Waals surface area contributed by atoms with E-state index in [1.165, 1.54) is 7.11 Å². The number of benzene rings is 2. The van der Waals surface area contributed by atoms with Crippen LogP contribution >= 0.6 is 0 Å². The highest BCUT2D eigenvalue weighted by molar-refractivity contribution is 5.70. The van der Waals surface area contributed by atoms with E-state index in [-0.39, 0.29) is 13.0 Å². The van der Waals surface area contributed by atoms with Gasteiger partial charge in [0, 0.05) is 18.7 Å². The zero-order valence-electron chi connectivity index (χ0n) is 14.0. The molecule has 0 aromatic heterocycles. The smallest absolute Gasteiger partial charge is 0.343 e. The first-order valence-electron chi connectivity index (χ1n) is 7.90. The van der Waals surface area contributed by atoms with Gasteiger partial charge in [0.1, 0.15) is 5.75 Å². The first-order chi connectivity index (χ1) is 12.1. The van der Waals surface area contributed by atoms with Crippen molar-refractivity contribution in [1.82, 2.24) is 0 Å². The zero-order chi connectivity index (χ0) is 18.1. The topological polar surface area (TPSA) is 84.9 Å². The summed E-state index contributed by atoms with van der Waals surface area (Å²) in [5.41, 5.74) is 2.98. The lowest BCUT2D eigenvalue weighted by Gasteiger charge is -2.09. The van der Waals surface area contributed by atoms with Crippen LogP contribution in [0.5, 0.6) is 5.75 Å². The van der Waals surface area contributed by atoms with E-state index in [0.29, 0.717) is 18.7 Å². The third kappa shape index (κ3) is 6.55. The van der Waals surface area contributed by atoms with Crippen molar-refractivity contribution in [1.29, 1.82) is 0 Å². The average molecular weight is 343 g/mol. The number of nitrogens with one attached hydrogen (secondary N) is 1. The van der Waals surface area contributed by atoms with Crippen LogP contribution in [0, 0.1) is 0 Å². The van der Waals surface area contributed by atoms with E-state index < -0.39 is 11.9 Å². The standard InChI is InChI=1S/C19H21NO5/c1-24-19(23)13-25-17-8-5-15(6-9-17)12-20-16-4-2-3-14(11-16)7-10-18(21)22/h2-6,8-9,11,20H,7,10,12-13H2,1H3,(H,21,22). The summed E-state index contributed by atoms with van der Waals surface area (Å²) in [7, 11) is 1.32. The van der Waals surface area contributed by atoms with E-state index in [1.807, 2.05) is 36.4 Å². The molecule has 0 amide bonds. The van der Waals surface area contributed by atoms with Crippen LogP contribution in [-0.4, -0.2) is 30.8 Å². The maximum atomic E-state index is 11.0. The predicted molar refractivity (Wildman–Crippen MR) is 93.7 cm³/mol. The van der Waals surface area contributed by atoms with E-state index in [9.17, 15) is 9.59 Å². The predicted octanol–water partition coefficient (Wildman–Crippen LogP) is 2.87. The Hall–Kier alpha value is -3.02. The second-order valence-corrected chi connectivity index (χ2v) is 5.46. The summed E-state index contributed by atoms with van der Waals surface area (Å²) in [5.74, 6) is -0.619. The number of rotatable bonds is 9. The number of methoxy groups -OCH3 is 1. The fraction of sp³-hybridized carbons (Fsp3) is 0.263. The van der Waals surface area contributed by atoms with Crippen molar-refractivity contribution in [2.24, 2.45) is 0 Å². The number of hydrogen-bond acceptors (Lipinski definition) is 5. The van der Waals surface area contributed by atoms with Crippen LogP contribution in [0.3, 0.4) is 0 Å². The maximum Gasteiger partial charge on any atom is 0.343 e. The van der Waals surface area contributed by atoms with Gasteiger partial charge in [0.05, 0.1) is 7.11 Å². The third-order valence-corrected chi connectivity index (χ3v) is 3.56. The molecule has 0 saturated carbocycles. The van der Waals surface area contributed by atoms with E-state index >= 15 is 0 Å². The molecule has 2 N–H and O–H groups in total. The Morgan fingerprint density at radius 1 is 1.08 bits per heavy atom. The molecule has 0 unspecified atom stereocenters. The van der Waals surface area contributed by atoms with E-state index in [4.69, 9.17) is 9.84 Å². The minimum absolute atomic E-state index is 0.114. The highest BCUT2D eigenvalue weighted by Crippen LogP contribution is 2.16. The summed E-state index contributed by atoms with van der Waals surface area (Å²) in [6.07, 6.45) is 0.633. The molecule has 25 heavy (non-hydrogen) atoms. The Balaban J connectivity index is 1.85. The first-order valence-corrected chi connectivity index (χ1v) is 7.90. The van der Waals surface area contributed by atoms with Crippen molar-refractivity contribution in [3.8, 4) is 5.75 Å². The molecule has 0 spiro atoms. The number of esters is 1. The quantitative estimate of drug-likeness (QED) is 0.681. The van der Waals surface area contributed by atoms with Gasteiger partial charge in [-0.3, -0.25) is 4.79 Å². The van der Waals surface area contributed by atoms with Gasteiger partial charge >= 0.3 is 11.9 Å². The Morgan fingerprint density at radius 3 is 2.52 bits per heavy atom. The molecule has 0 aliphatic rings. The van der Waals surface area contributed by atoms with Crippen molar-refractivity contribution in [2.75, 3.05) is 19.0 Å². The van der Waals surface area contributed by atoms with Crippen LogP contribution in [0.4, 0.5) is 5.69 Å². The largest absolute Gasteiger partial charge is 0.482 e. The fourth-order valence-electron chi connectivity index (χ4n) is 2.20. The second-order valence-electron chi connectivity index (χ2n) is 5.46. The molecule has 0 bridgehead atoms. The molecule has 132 valence electrons. The van der Waals surface area contributed by atoms with Gasteiger partial charge in [-0.05, 0) is 41.8 Å². The average Bonchev–Trinajstić information content (AvgIpc) is 2.64. The Morgan fingerprint density at radius 2 is 1.84 bits per heavy atom. The molecule has 2 rings (SSSR count). The Labute approximate surface area is 146 Å². The molecule has 0 saturated heterocycles. The van der Waals surface area contributed by atoms with Crippen molar-refractivity contribution in [2.45, 2.75) is 19.4 Å². The van der Waals surface area contributed by atoms with Gasteiger partial charge in [-0.2, -0.15) is 0 Å². The molecule has 0 aliphatic carbocycles. The monoisotopic (exact) mass is 343 g/mol. The number of aliphatic carboxylic acids is 1. The second kappa shape index (κ2) is 9.32. The number of ether oxygens (including phenoxy) is 2. The fourth-order valence-corrected chi connectivity index (χ4v) is 2.20. The SMILES string of the molecule is COC(=O)COc1ccc(CNc2cccc(CCC(=O)O)c2)cc1. The van der Waals surface area contributed by atoms with Crippen LogP contribution < -0.4 is 10.1 Å². The van der Waals surface area contributed by atoms with Gasteiger partial charge in [-0.15, -0.1) is 0 Å². The van der Waals surface area contributed by atoms with Crippen molar-refractivity contribution in [3.63, 3.8) is 0 Å². The molecule has 6 heteroatoms. The molecule has 0 radical (unpaired) electrons. The van der Waals surface area contributed by atoms with E-state index in [2.05, 4.69) is 10.1 Å². The lowest BCUT2D eigenvalue weighted by molar-refractivity contribution is -0.143. The van der Waals surface area contributed by atoms with Crippen molar-refractivity contribution in [3.05, 3.63) is 59.7 Å². The van der Waals surface area contributed by atoms with Crippen LogP contribution in [0.25, 0.3) is 0 Å². The third-order valence-electron chi connectivity index (χ3n) is 3.56. The minimum atomic E-state index is -0.798. The van der Waals surface area contributed by atoms with E-state index in [1.54, 1.807) is 12.1 Å². The van der Waals surface area contributed by atoms with Crippen molar-refractivity contribution < 1.29 is 24.2 Å². The van der Waals surface area contributed by atoms with Gasteiger partial charge < -0.3 is 19.9 Å². The maximum absolute atomic E-state index is 11.0. The highest BCUT2D eigenvalue weighted by atomic mass is 16.6. The number of hydrogen-bond donors (Lipinski definition) is 2. The number of carbonyl (C=O) groups is 2. The number of anilines is 1. The normalized spacial score (nSPS) is 10.1. The number of carbonyl (C=O) groups excluding carboxylic acids is 1. The van der Waals surface area contributed by atoms with Crippen LogP contribution in [0.2, 0.25) is 0 Å². The molecule has 0 fully saturated rings. The minimum Gasteiger partial charge on any atom is -0.482 e. The number of carboxylic acids is 1. The summed E-state index contributed by atoms with van der Waals surface area (Å²) in [6.45, 7) is 0.511. The molecule has 2 aromatic carbocycles. The van der Waals surface area contributed by atoms with Gasteiger partial charge in [0.15, 0.2) is 6.61 Å². The first kappa shape index (κ1) is 18.3. The Kier molecular flexibility index (Phi) is 6.83. The molecule has 0 heterocycles. The summed E-state index contributed by atoms with van der Waals surface area (Å²) in [4.78, 5) is 21.7. The molecular formula is C19H21NO5. The van der Waals surface area contributed by atoms with Crippen molar-refractivity contribution >= 4 is 17.6 Å². The number of carboxylic acid groups (broad SMARTS) is 1. The highest BCUT2D eigenvalue weighted by Gasteiger charge is 2.03. The van der Waals surface area contributed by atoms with Crippen LogP contribution in [0.15, 0.2) is 48.5 Å². The molecule has 6 nitrogen and oxygen atoms in total. The summed E-state index contributed by atoms with van der Waals surface area (Å²) in [5, 5.41) is 12.1. The zero-order valence-corrected chi connectivity index (χ0v) is 14.0. The molecule has 0 atom stereocenters. The van der Waals surface area contributed by atoms with Gasteiger partial charge in [-0.1, -0.05) is 24.3 Å². The summed E-state index contributed by atoms with van der Waals surface area (Å²) < 4.78 is 9.81. The lowest BCUT2D eigenvalue weighted by Crippen LogP contribution is -2.12. The molecule has 2 aromatic rings. The van der Waals surface area contributed by atoms with Gasteiger partial charge in [-0.25, -0.2) is 4.79 Å². The number of aryl methyl sites for hydroxylation is 1. The summed E-state index contributed by atoms with van der Waals surface area (Å²) in [6, 6.07) is 15.1. The molecular weight excluding hydrogens is 322 g/mol. The van der Waals surface area contributed by atoms with Gasteiger partial charge in [0.25, 0.3) is 0 Å².